The van der Waals surface area contributed by atoms with Crippen molar-refractivity contribution in [3.63, 3.8) is 0 Å². The molecule has 3 heteroatoms. The summed E-state index contributed by atoms with van der Waals surface area (Å²) in [5.74, 6) is 0.843. The van der Waals surface area contributed by atoms with E-state index in [0.29, 0.717) is 0 Å². The number of aryl methyl sites for hydroxylation is 1. The van der Waals surface area contributed by atoms with Crippen LogP contribution in [0.4, 0.5) is 11.4 Å². The molecule has 0 saturated carbocycles. The summed E-state index contributed by atoms with van der Waals surface area (Å²) in [4.78, 5) is 6.96. The number of hydrogen-bond acceptors (Lipinski definition) is 3. The van der Waals surface area contributed by atoms with Crippen LogP contribution in [0.5, 0.6) is 5.75 Å². The van der Waals surface area contributed by atoms with Crippen molar-refractivity contribution in [2.24, 2.45) is 4.99 Å². The highest BCUT2D eigenvalue weighted by Crippen LogP contribution is 2.39. The van der Waals surface area contributed by atoms with Crippen LogP contribution in [0, 0.1) is 6.92 Å². The van der Waals surface area contributed by atoms with E-state index in [0.717, 1.165) is 17.0 Å². The van der Waals surface area contributed by atoms with Crippen LogP contribution in [0.3, 0.4) is 0 Å². The maximum Gasteiger partial charge on any atom is 0.119 e. The summed E-state index contributed by atoms with van der Waals surface area (Å²) in [5.41, 5.74) is 7.21. The van der Waals surface area contributed by atoms with Gasteiger partial charge >= 0.3 is 0 Å². The van der Waals surface area contributed by atoms with Crippen molar-refractivity contribution in [2.45, 2.75) is 33.2 Å². The third-order valence-corrected chi connectivity index (χ3v) is 5.03. The summed E-state index contributed by atoms with van der Waals surface area (Å²) in [6.45, 7) is 8.82. The molecule has 0 spiro atoms. The van der Waals surface area contributed by atoms with Crippen molar-refractivity contribution in [1.82, 2.24) is 0 Å². The van der Waals surface area contributed by atoms with Crippen LogP contribution in [-0.2, 0) is 0 Å². The van der Waals surface area contributed by atoms with E-state index in [1.165, 1.54) is 22.4 Å². The van der Waals surface area contributed by atoms with E-state index in [1.807, 2.05) is 30.5 Å². The zero-order chi connectivity index (χ0) is 18.2. The van der Waals surface area contributed by atoms with Crippen molar-refractivity contribution >= 4 is 23.2 Å². The first-order chi connectivity index (χ1) is 11.8. The number of benzene rings is 2. The summed E-state index contributed by atoms with van der Waals surface area (Å²) in [6, 6.07) is 12.3. The number of methoxy groups -OCH3 is 1. The number of hydrogen-bond donors (Lipinski definition) is 0. The van der Waals surface area contributed by atoms with Gasteiger partial charge in [0.2, 0.25) is 0 Å². The number of nitrogens with zero attached hydrogens (tertiary/aromatic N) is 2. The Hall–Kier alpha value is -2.55. The highest BCUT2D eigenvalue weighted by Gasteiger charge is 2.28. The molecule has 0 radical (unpaired) electrons. The molecule has 0 unspecified atom stereocenters. The lowest BCUT2D eigenvalue weighted by Crippen LogP contribution is -2.42. The van der Waals surface area contributed by atoms with Crippen LogP contribution in [0.15, 0.2) is 47.5 Å². The average molecular weight is 334 g/mol. The van der Waals surface area contributed by atoms with Crippen molar-refractivity contribution in [3.05, 3.63) is 59.2 Å². The van der Waals surface area contributed by atoms with Crippen molar-refractivity contribution < 1.29 is 4.74 Å². The molecule has 1 heterocycles. The fraction of sp³-hybridized carbons (Fsp3) is 0.318. The fourth-order valence-corrected chi connectivity index (χ4v) is 3.27. The molecule has 2 aromatic rings. The first kappa shape index (κ1) is 17.3. The molecule has 1 aliphatic rings. The van der Waals surface area contributed by atoms with E-state index >= 15 is 0 Å². The standard InChI is InChI=1S/C22H26N2O/c1-15-11-21-20(16(2)13-22(3,4)24(21)5)12-17(15)14-23-18-7-9-19(25-6)10-8-18/h7-14H,1-6H3. The summed E-state index contributed by atoms with van der Waals surface area (Å²) >= 11 is 0. The Morgan fingerprint density at radius 2 is 1.76 bits per heavy atom. The molecule has 2 aromatic carbocycles. The Bertz CT molecular complexity index is 845. The summed E-state index contributed by atoms with van der Waals surface area (Å²) < 4.78 is 5.19. The molecule has 3 rings (SSSR count). The molecule has 130 valence electrons. The molecule has 0 fully saturated rings. The highest BCUT2D eigenvalue weighted by atomic mass is 16.5. The molecule has 0 bridgehead atoms. The van der Waals surface area contributed by atoms with Gasteiger partial charge in [-0.1, -0.05) is 6.08 Å². The lowest BCUT2D eigenvalue weighted by molar-refractivity contribution is 0.415. The Balaban J connectivity index is 1.96. The molecule has 0 atom stereocenters. The average Bonchev–Trinajstić information content (AvgIpc) is 2.58. The molecule has 0 amide bonds. The normalized spacial score (nSPS) is 15.9. The van der Waals surface area contributed by atoms with Crippen LogP contribution in [0.2, 0.25) is 0 Å². The fourth-order valence-electron chi connectivity index (χ4n) is 3.27. The van der Waals surface area contributed by atoms with Gasteiger partial charge < -0.3 is 9.64 Å². The Morgan fingerprint density at radius 3 is 2.40 bits per heavy atom. The molecule has 3 nitrogen and oxygen atoms in total. The third-order valence-electron chi connectivity index (χ3n) is 5.03. The van der Waals surface area contributed by atoms with Crippen LogP contribution in [-0.4, -0.2) is 25.9 Å². The van der Waals surface area contributed by atoms with E-state index in [1.54, 1.807) is 7.11 Å². The van der Waals surface area contributed by atoms with Crippen molar-refractivity contribution in [1.29, 1.82) is 0 Å². The molecule has 0 saturated heterocycles. The zero-order valence-electron chi connectivity index (χ0n) is 15.9. The minimum atomic E-state index is 0.0300. The Morgan fingerprint density at radius 1 is 1.08 bits per heavy atom. The highest BCUT2D eigenvalue weighted by molar-refractivity contribution is 5.90. The topological polar surface area (TPSA) is 24.8 Å². The maximum atomic E-state index is 5.19. The largest absolute Gasteiger partial charge is 0.497 e. The van der Waals surface area contributed by atoms with Gasteiger partial charge in [0.25, 0.3) is 0 Å². The number of allylic oxidation sites excluding steroid dienone is 1. The van der Waals surface area contributed by atoms with E-state index in [-0.39, 0.29) is 5.54 Å². The minimum Gasteiger partial charge on any atom is -0.497 e. The van der Waals surface area contributed by atoms with Gasteiger partial charge in [-0.25, -0.2) is 0 Å². The van der Waals surface area contributed by atoms with E-state index < -0.39 is 0 Å². The minimum absolute atomic E-state index is 0.0300. The zero-order valence-corrected chi connectivity index (χ0v) is 15.9. The predicted octanol–water partition coefficient (Wildman–Crippen LogP) is 5.39. The Kier molecular flexibility index (Phi) is 4.42. The van der Waals surface area contributed by atoms with Gasteiger partial charge in [0.1, 0.15) is 5.75 Å². The van der Waals surface area contributed by atoms with E-state index in [2.05, 4.69) is 62.8 Å². The van der Waals surface area contributed by atoms with Crippen LogP contribution >= 0.6 is 0 Å². The molecule has 1 aliphatic heterocycles. The quantitative estimate of drug-likeness (QED) is 0.703. The van der Waals surface area contributed by atoms with Crippen molar-refractivity contribution in [3.8, 4) is 5.75 Å². The summed E-state index contributed by atoms with van der Waals surface area (Å²) in [7, 11) is 3.83. The molecule has 0 aromatic heterocycles. The first-order valence-electron chi connectivity index (χ1n) is 8.58. The van der Waals surface area contributed by atoms with Crippen LogP contribution in [0.1, 0.15) is 37.5 Å². The van der Waals surface area contributed by atoms with E-state index in [9.17, 15) is 0 Å². The molecule has 0 aliphatic carbocycles. The molecule has 0 N–H and O–H groups in total. The van der Waals surface area contributed by atoms with Crippen LogP contribution < -0.4 is 9.64 Å². The number of fused-ring (bicyclic) bond motifs is 1. The molecule has 25 heavy (non-hydrogen) atoms. The monoisotopic (exact) mass is 334 g/mol. The summed E-state index contributed by atoms with van der Waals surface area (Å²) in [6.07, 6.45) is 4.28. The number of rotatable bonds is 3. The second-order valence-electron chi connectivity index (χ2n) is 7.22. The first-order valence-corrected chi connectivity index (χ1v) is 8.58. The van der Waals surface area contributed by atoms with Gasteiger partial charge in [-0.2, -0.15) is 0 Å². The second-order valence-corrected chi connectivity index (χ2v) is 7.22. The van der Waals surface area contributed by atoms with Gasteiger partial charge in [-0.15, -0.1) is 0 Å². The lowest BCUT2D eigenvalue weighted by atomic mass is 9.87. The van der Waals surface area contributed by atoms with Crippen molar-refractivity contribution in [2.75, 3.05) is 19.1 Å². The number of ether oxygens (including phenoxy) is 1. The van der Waals surface area contributed by atoms with Gasteiger partial charge in [-0.3, -0.25) is 4.99 Å². The number of anilines is 1. The van der Waals surface area contributed by atoms with Gasteiger partial charge in [0.15, 0.2) is 0 Å². The van der Waals surface area contributed by atoms with E-state index in [4.69, 9.17) is 4.74 Å². The predicted molar refractivity (Wildman–Crippen MR) is 108 cm³/mol. The smallest absolute Gasteiger partial charge is 0.119 e. The Labute approximate surface area is 150 Å². The van der Waals surface area contributed by atoms with Gasteiger partial charge in [0.05, 0.1) is 18.3 Å². The summed E-state index contributed by atoms with van der Waals surface area (Å²) in [5, 5.41) is 0. The van der Waals surface area contributed by atoms with Gasteiger partial charge in [-0.05, 0) is 80.8 Å². The SMILES string of the molecule is COc1ccc(N=Cc2cc3c(cc2C)N(C)C(C)(C)C=C3C)cc1. The second kappa shape index (κ2) is 6.40. The lowest BCUT2D eigenvalue weighted by Gasteiger charge is -2.41. The molecular formula is C22H26N2O. The molecular weight excluding hydrogens is 308 g/mol. The van der Waals surface area contributed by atoms with Gasteiger partial charge in [0, 0.05) is 24.5 Å². The van der Waals surface area contributed by atoms with Crippen LogP contribution in [0.25, 0.3) is 5.57 Å². The maximum absolute atomic E-state index is 5.19. The number of aliphatic imine (C=N–C) groups is 1. The number of likely N-dealkylation sites (N-methyl/N-ethyl adjacent to an activating group) is 1. The third kappa shape index (κ3) is 3.32.